The molecular weight excluding hydrogens is 402 g/mol. The number of rotatable bonds is 5. The number of aliphatic hydroxyl groups excluding tert-OH is 2. The molecule has 4 N–H and O–H groups in total. The Kier molecular flexibility index (Phi) is 5.08. The highest BCUT2D eigenvalue weighted by molar-refractivity contribution is 7.13. The van der Waals surface area contributed by atoms with Crippen molar-refractivity contribution in [2.24, 2.45) is 0 Å². The van der Waals surface area contributed by atoms with Gasteiger partial charge in [0.15, 0.2) is 11.9 Å². The Balaban J connectivity index is 1.79. The fraction of sp³-hybridized carbons (Fsp3) is 0.412. The predicted molar refractivity (Wildman–Crippen MR) is 103 cm³/mol. The van der Waals surface area contributed by atoms with E-state index in [1.54, 1.807) is 12.1 Å². The van der Waals surface area contributed by atoms with Gasteiger partial charge in [-0.3, -0.25) is 4.57 Å². The van der Waals surface area contributed by atoms with E-state index in [1.807, 2.05) is 0 Å². The molecule has 4 rings (SSSR count). The van der Waals surface area contributed by atoms with Crippen molar-refractivity contribution in [3.8, 4) is 0 Å². The quantitative estimate of drug-likeness (QED) is 0.471. The molecule has 3 aromatic rings. The maximum Gasteiger partial charge on any atom is 0.348 e. The number of hydrogen-bond acceptors (Lipinski definition) is 10. The van der Waals surface area contributed by atoms with E-state index in [2.05, 4.69) is 9.97 Å². The zero-order valence-corrected chi connectivity index (χ0v) is 16.2. The summed E-state index contributed by atoms with van der Waals surface area (Å²) in [5.74, 6) is -0.483. The summed E-state index contributed by atoms with van der Waals surface area (Å²) in [6, 6.07) is 3.35. The number of aliphatic hydroxyl groups is 2. The Bertz CT molecular complexity index is 1120. The number of ether oxygens (including phenoxy) is 2. The van der Waals surface area contributed by atoms with Crippen LogP contribution in [-0.4, -0.2) is 61.2 Å². The van der Waals surface area contributed by atoms with E-state index < -0.39 is 30.1 Å². The average molecular weight is 421 g/mol. The second-order valence-electron chi connectivity index (χ2n) is 6.57. The first kappa shape index (κ1) is 19.5. The standard InChI is InChI=1S/C17H19N5O6S/c1-27-15(25)12-3-2-9(29-12)6-21-10-5-19-16(18)20-13(10)22(17(21)26)14-11(24)4-8(7-23)28-14/h2-3,5,8,11,14,23-24H,4,6-7H2,1H3,(H2,18,19,20)/t8-,11+,14+/m0/s1. The number of nitrogen functional groups attached to an aromatic ring is 1. The molecule has 1 aliphatic rings. The van der Waals surface area contributed by atoms with Crippen LogP contribution in [0, 0.1) is 0 Å². The van der Waals surface area contributed by atoms with Gasteiger partial charge in [0.25, 0.3) is 0 Å². The molecule has 0 amide bonds. The molecule has 3 aromatic heterocycles. The third kappa shape index (κ3) is 3.40. The molecule has 12 heteroatoms. The van der Waals surface area contributed by atoms with E-state index in [0.29, 0.717) is 10.4 Å². The zero-order valence-electron chi connectivity index (χ0n) is 15.4. The minimum absolute atomic E-state index is 0.0290. The van der Waals surface area contributed by atoms with Gasteiger partial charge in [-0.05, 0) is 12.1 Å². The number of nitrogens with zero attached hydrogens (tertiary/aromatic N) is 4. The topological polar surface area (TPSA) is 155 Å². The van der Waals surface area contributed by atoms with Crippen LogP contribution in [0.1, 0.15) is 27.2 Å². The Morgan fingerprint density at radius 1 is 1.48 bits per heavy atom. The van der Waals surface area contributed by atoms with Crippen molar-refractivity contribution in [2.45, 2.75) is 31.4 Å². The minimum Gasteiger partial charge on any atom is -0.465 e. The Morgan fingerprint density at radius 3 is 2.97 bits per heavy atom. The first-order chi connectivity index (χ1) is 13.9. The third-order valence-electron chi connectivity index (χ3n) is 4.71. The minimum atomic E-state index is -1.01. The Morgan fingerprint density at radius 2 is 2.28 bits per heavy atom. The molecule has 3 atom stereocenters. The van der Waals surface area contributed by atoms with Gasteiger partial charge in [0.1, 0.15) is 16.5 Å². The molecule has 154 valence electrons. The van der Waals surface area contributed by atoms with Crippen LogP contribution in [0.4, 0.5) is 5.95 Å². The van der Waals surface area contributed by atoms with Gasteiger partial charge in [0.05, 0.1) is 32.6 Å². The van der Waals surface area contributed by atoms with E-state index in [-0.39, 0.29) is 31.2 Å². The summed E-state index contributed by atoms with van der Waals surface area (Å²) in [7, 11) is 1.30. The third-order valence-corrected chi connectivity index (χ3v) is 5.76. The molecule has 0 aliphatic carbocycles. The van der Waals surface area contributed by atoms with Crippen LogP contribution in [0.15, 0.2) is 23.1 Å². The van der Waals surface area contributed by atoms with Crippen LogP contribution >= 0.6 is 11.3 Å². The average Bonchev–Trinajstić information content (AvgIpc) is 3.39. The van der Waals surface area contributed by atoms with Crippen LogP contribution in [0.2, 0.25) is 0 Å². The van der Waals surface area contributed by atoms with Crippen LogP contribution in [-0.2, 0) is 16.0 Å². The van der Waals surface area contributed by atoms with E-state index in [9.17, 15) is 19.8 Å². The van der Waals surface area contributed by atoms with Crippen LogP contribution < -0.4 is 11.4 Å². The highest BCUT2D eigenvalue weighted by atomic mass is 32.1. The Hall–Kier alpha value is -2.80. The number of carbonyl (C=O) groups excluding carboxylic acids is 1. The van der Waals surface area contributed by atoms with Crippen LogP contribution in [0.25, 0.3) is 11.2 Å². The van der Waals surface area contributed by atoms with Gasteiger partial charge in [-0.15, -0.1) is 11.3 Å². The summed E-state index contributed by atoms with van der Waals surface area (Å²) < 4.78 is 13.0. The number of hydrogen-bond donors (Lipinski definition) is 3. The maximum absolute atomic E-state index is 13.2. The number of imidazole rings is 1. The molecule has 0 bridgehead atoms. The SMILES string of the molecule is COC(=O)c1ccc(Cn2c(=O)n([C@@H]3O[C@H](CO)C[C@H]3O)c3nc(N)ncc32)s1. The van der Waals surface area contributed by atoms with Gasteiger partial charge >= 0.3 is 11.7 Å². The number of carbonyl (C=O) groups is 1. The summed E-state index contributed by atoms with van der Waals surface area (Å²) in [5.41, 5.74) is 5.85. The van der Waals surface area contributed by atoms with E-state index in [4.69, 9.17) is 15.2 Å². The van der Waals surface area contributed by atoms with Crippen molar-refractivity contribution in [3.05, 3.63) is 38.6 Å². The predicted octanol–water partition coefficient (Wildman–Crippen LogP) is -0.288. The zero-order chi connectivity index (χ0) is 20.7. The number of methoxy groups -OCH3 is 1. The van der Waals surface area contributed by atoms with Crippen molar-refractivity contribution in [1.29, 1.82) is 0 Å². The number of anilines is 1. The fourth-order valence-electron chi connectivity index (χ4n) is 3.36. The molecule has 1 fully saturated rings. The first-order valence-corrected chi connectivity index (χ1v) is 9.59. The van der Waals surface area contributed by atoms with Crippen molar-refractivity contribution in [1.82, 2.24) is 19.1 Å². The van der Waals surface area contributed by atoms with Crippen molar-refractivity contribution < 1.29 is 24.5 Å². The summed E-state index contributed by atoms with van der Waals surface area (Å²) in [5, 5.41) is 19.7. The Labute approximate surface area is 167 Å². The van der Waals surface area contributed by atoms with Crippen molar-refractivity contribution in [3.63, 3.8) is 0 Å². The molecule has 0 aromatic carbocycles. The van der Waals surface area contributed by atoms with Crippen LogP contribution in [0.5, 0.6) is 0 Å². The van der Waals surface area contributed by atoms with Gasteiger partial charge in [-0.2, -0.15) is 4.98 Å². The summed E-state index contributed by atoms with van der Waals surface area (Å²) in [4.78, 5) is 34.2. The molecule has 0 radical (unpaired) electrons. The molecule has 1 saturated heterocycles. The largest absolute Gasteiger partial charge is 0.465 e. The number of fused-ring (bicyclic) bond motifs is 1. The van der Waals surface area contributed by atoms with E-state index >= 15 is 0 Å². The lowest BCUT2D eigenvalue weighted by Gasteiger charge is -2.15. The highest BCUT2D eigenvalue weighted by Crippen LogP contribution is 2.30. The molecule has 29 heavy (non-hydrogen) atoms. The summed E-state index contributed by atoms with van der Waals surface area (Å²) in [6.07, 6.45) is -0.970. The number of thiophene rings is 1. The van der Waals surface area contributed by atoms with Crippen molar-refractivity contribution in [2.75, 3.05) is 19.5 Å². The van der Waals surface area contributed by atoms with Gasteiger partial charge < -0.3 is 25.4 Å². The second kappa shape index (κ2) is 7.55. The number of nitrogens with two attached hydrogens (primary N) is 1. The molecule has 11 nitrogen and oxygen atoms in total. The molecule has 1 aliphatic heterocycles. The first-order valence-electron chi connectivity index (χ1n) is 8.77. The van der Waals surface area contributed by atoms with Crippen molar-refractivity contribution >= 4 is 34.4 Å². The van der Waals surface area contributed by atoms with Gasteiger partial charge in [0, 0.05) is 11.3 Å². The van der Waals surface area contributed by atoms with Crippen LogP contribution in [0.3, 0.4) is 0 Å². The number of esters is 1. The lowest BCUT2D eigenvalue weighted by atomic mass is 10.2. The second-order valence-corrected chi connectivity index (χ2v) is 7.74. The maximum atomic E-state index is 13.2. The normalized spacial score (nSPS) is 21.7. The summed E-state index contributed by atoms with van der Waals surface area (Å²) in [6.45, 7) is -0.118. The van der Waals surface area contributed by atoms with E-state index in [0.717, 1.165) is 4.88 Å². The molecule has 4 heterocycles. The molecule has 0 unspecified atom stereocenters. The fourth-order valence-corrected chi connectivity index (χ4v) is 4.28. The lowest BCUT2D eigenvalue weighted by Crippen LogP contribution is -2.32. The van der Waals surface area contributed by atoms with Gasteiger partial charge in [-0.25, -0.2) is 19.1 Å². The molecule has 0 spiro atoms. The summed E-state index contributed by atoms with van der Waals surface area (Å²) >= 11 is 1.20. The highest BCUT2D eigenvalue weighted by Gasteiger charge is 2.37. The smallest absolute Gasteiger partial charge is 0.348 e. The monoisotopic (exact) mass is 421 g/mol. The lowest BCUT2D eigenvalue weighted by molar-refractivity contribution is -0.0505. The van der Waals surface area contributed by atoms with Gasteiger partial charge in [-0.1, -0.05) is 0 Å². The molecular formula is C17H19N5O6S. The molecule has 0 saturated carbocycles. The van der Waals surface area contributed by atoms with E-state index in [1.165, 1.54) is 33.8 Å². The van der Waals surface area contributed by atoms with Gasteiger partial charge in [0.2, 0.25) is 5.95 Å². The number of aromatic nitrogens is 4.